The molecule has 0 aromatic carbocycles. The first-order chi connectivity index (χ1) is 17.0. The number of ether oxygens (including phenoxy) is 6. The van der Waals surface area contributed by atoms with Gasteiger partial charge in [-0.3, -0.25) is 24.1 Å². The maximum absolute atomic E-state index is 11.9. The van der Waals surface area contributed by atoms with Gasteiger partial charge < -0.3 is 28.4 Å². The molecule has 3 rings (SSSR count). The summed E-state index contributed by atoms with van der Waals surface area (Å²) in [4.78, 5) is 53.7. The molecule has 12 heteroatoms. The number of likely N-dealkylation sites (tertiary alicyclic amines) is 1. The first kappa shape index (κ1) is 27.3. The van der Waals surface area contributed by atoms with E-state index in [4.69, 9.17) is 28.4 Å². The van der Waals surface area contributed by atoms with E-state index in [0.29, 0.717) is 0 Å². The fourth-order valence-electron chi connectivity index (χ4n) is 4.39. The molecule has 0 amide bonds. The van der Waals surface area contributed by atoms with E-state index in [1.54, 1.807) is 12.3 Å². The van der Waals surface area contributed by atoms with Crippen LogP contribution in [-0.4, -0.2) is 84.7 Å². The Balaban J connectivity index is 1.90. The number of hydrogen-bond donors (Lipinski definition) is 0. The van der Waals surface area contributed by atoms with Gasteiger partial charge in [0.15, 0.2) is 12.2 Å². The summed E-state index contributed by atoms with van der Waals surface area (Å²) < 4.78 is 33.1. The lowest BCUT2D eigenvalue weighted by atomic mass is 9.98. The number of rotatable bonds is 8. The van der Waals surface area contributed by atoms with Crippen molar-refractivity contribution in [1.82, 2.24) is 9.88 Å². The lowest BCUT2D eigenvalue weighted by molar-refractivity contribution is -0.289. The van der Waals surface area contributed by atoms with Crippen LogP contribution in [0.2, 0.25) is 0 Å². The topological polar surface area (TPSA) is 140 Å². The molecule has 2 saturated heterocycles. The van der Waals surface area contributed by atoms with E-state index in [1.165, 1.54) is 13.8 Å². The highest BCUT2D eigenvalue weighted by molar-refractivity contribution is 5.68. The van der Waals surface area contributed by atoms with Gasteiger partial charge in [0.2, 0.25) is 18.3 Å². The second-order valence-electron chi connectivity index (χ2n) is 8.75. The van der Waals surface area contributed by atoms with E-state index in [-0.39, 0.29) is 18.5 Å². The smallest absolute Gasteiger partial charge is 0.303 e. The molecule has 0 aliphatic carbocycles. The Kier molecular flexibility index (Phi) is 9.21. The van der Waals surface area contributed by atoms with Crippen LogP contribution in [0.5, 0.6) is 5.88 Å². The Hall–Kier alpha value is -3.25. The first-order valence-corrected chi connectivity index (χ1v) is 11.7. The van der Waals surface area contributed by atoms with Crippen LogP contribution < -0.4 is 4.74 Å². The molecule has 2 aliphatic rings. The van der Waals surface area contributed by atoms with Gasteiger partial charge in [0.1, 0.15) is 12.7 Å². The highest BCUT2D eigenvalue weighted by Gasteiger charge is 2.53. The number of pyridine rings is 1. The Bertz CT molecular complexity index is 953. The molecular formula is C24H32N2O10. The fourth-order valence-corrected chi connectivity index (χ4v) is 4.39. The summed E-state index contributed by atoms with van der Waals surface area (Å²) in [7, 11) is 2.06. The highest BCUT2D eigenvalue weighted by Crippen LogP contribution is 2.32. The van der Waals surface area contributed by atoms with Gasteiger partial charge in [-0.15, -0.1) is 0 Å². The molecule has 3 heterocycles. The van der Waals surface area contributed by atoms with Crippen molar-refractivity contribution >= 4 is 23.9 Å². The van der Waals surface area contributed by atoms with Crippen molar-refractivity contribution < 1.29 is 47.6 Å². The van der Waals surface area contributed by atoms with E-state index in [1.807, 2.05) is 6.07 Å². The van der Waals surface area contributed by atoms with Crippen molar-refractivity contribution in [2.45, 2.75) is 77.3 Å². The Morgan fingerprint density at radius 1 is 0.944 bits per heavy atom. The van der Waals surface area contributed by atoms with Gasteiger partial charge in [0.25, 0.3) is 0 Å². The summed E-state index contributed by atoms with van der Waals surface area (Å²) in [5.74, 6) is -2.56. The molecule has 0 N–H and O–H groups in total. The van der Waals surface area contributed by atoms with Gasteiger partial charge >= 0.3 is 23.9 Å². The second kappa shape index (κ2) is 12.1. The molecule has 0 spiro atoms. The minimum absolute atomic E-state index is 0.167. The maximum Gasteiger partial charge on any atom is 0.303 e. The minimum Gasteiger partial charge on any atom is -0.463 e. The number of esters is 4. The number of hydrogen-bond acceptors (Lipinski definition) is 12. The van der Waals surface area contributed by atoms with Crippen molar-refractivity contribution in [3.63, 3.8) is 0 Å². The molecule has 198 valence electrons. The molecule has 1 aromatic rings. The van der Waals surface area contributed by atoms with Crippen LogP contribution >= 0.6 is 0 Å². The van der Waals surface area contributed by atoms with Crippen LogP contribution in [0.3, 0.4) is 0 Å². The van der Waals surface area contributed by atoms with Gasteiger partial charge in [-0.2, -0.15) is 0 Å². The van der Waals surface area contributed by atoms with Gasteiger partial charge in [-0.1, -0.05) is 6.07 Å². The van der Waals surface area contributed by atoms with Crippen molar-refractivity contribution in [2.24, 2.45) is 0 Å². The van der Waals surface area contributed by atoms with Crippen LogP contribution in [0.15, 0.2) is 18.3 Å². The average Bonchev–Trinajstić information content (AvgIpc) is 3.22. The number of nitrogens with zero attached hydrogens (tertiary/aromatic N) is 2. The van der Waals surface area contributed by atoms with Crippen LogP contribution in [0.25, 0.3) is 0 Å². The number of aromatic nitrogens is 1. The van der Waals surface area contributed by atoms with E-state index >= 15 is 0 Å². The van der Waals surface area contributed by atoms with E-state index in [2.05, 4.69) is 16.9 Å². The van der Waals surface area contributed by atoms with Crippen LogP contribution in [0.1, 0.15) is 52.1 Å². The molecular weight excluding hydrogens is 476 g/mol. The standard InChI is InChI=1S/C24H32N2O10/c1-13(27)31-12-19-21(32-14(2)28)22(33-15(3)29)23(34-16(4)30)24(35-19)36-20-9-8-17(11-25-20)18-7-6-10-26(18)5/h8-9,11,18-19,21-24H,6-7,10,12H2,1-5H3/t18?,19-,21-,22+,23-,24-/m1/s1. The summed E-state index contributed by atoms with van der Waals surface area (Å²) in [6.07, 6.45) is -2.45. The molecule has 0 bridgehead atoms. The molecule has 12 nitrogen and oxygen atoms in total. The maximum atomic E-state index is 11.9. The normalized spacial score (nSPS) is 28.1. The molecule has 1 aromatic heterocycles. The third kappa shape index (κ3) is 7.14. The van der Waals surface area contributed by atoms with E-state index in [9.17, 15) is 19.2 Å². The monoisotopic (exact) mass is 508 g/mol. The van der Waals surface area contributed by atoms with Gasteiger partial charge in [0, 0.05) is 46.0 Å². The molecule has 2 fully saturated rings. The van der Waals surface area contributed by atoms with Crippen molar-refractivity contribution in [3.05, 3.63) is 23.9 Å². The van der Waals surface area contributed by atoms with Gasteiger partial charge in [0.05, 0.1) is 0 Å². The van der Waals surface area contributed by atoms with Crippen molar-refractivity contribution in [2.75, 3.05) is 20.2 Å². The summed E-state index contributed by atoms with van der Waals surface area (Å²) >= 11 is 0. The SMILES string of the molecule is CC(=O)OC[C@H]1O[C@H](Oc2ccc(C3CCCN3C)cn2)[C@H](OC(C)=O)[C@@H](OC(C)=O)[C@@H]1OC(C)=O. The minimum atomic E-state index is -1.32. The number of carbonyl (C=O) groups excluding carboxylic acids is 4. The third-order valence-electron chi connectivity index (χ3n) is 5.85. The zero-order chi connectivity index (χ0) is 26.4. The first-order valence-electron chi connectivity index (χ1n) is 11.7. The summed E-state index contributed by atoms with van der Waals surface area (Å²) in [5, 5.41) is 0. The summed E-state index contributed by atoms with van der Waals surface area (Å²) in [6, 6.07) is 3.81. The molecule has 2 aliphatic heterocycles. The van der Waals surface area contributed by atoms with Crippen LogP contribution in [-0.2, 0) is 42.9 Å². The van der Waals surface area contributed by atoms with Gasteiger partial charge in [-0.05, 0) is 32.0 Å². The molecule has 36 heavy (non-hydrogen) atoms. The van der Waals surface area contributed by atoms with Crippen LogP contribution in [0.4, 0.5) is 0 Å². The Morgan fingerprint density at radius 3 is 2.11 bits per heavy atom. The van der Waals surface area contributed by atoms with Crippen molar-refractivity contribution in [3.8, 4) is 5.88 Å². The van der Waals surface area contributed by atoms with Crippen LogP contribution in [0, 0.1) is 0 Å². The lowest BCUT2D eigenvalue weighted by Gasteiger charge is -2.43. The third-order valence-corrected chi connectivity index (χ3v) is 5.85. The zero-order valence-corrected chi connectivity index (χ0v) is 21.0. The number of carbonyl (C=O) groups is 4. The zero-order valence-electron chi connectivity index (χ0n) is 21.0. The van der Waals surface area contributed by atoms with Gasteiger partial charge in [-0.25, -0.2) is 4.98 Å². The molecule has 0 radical (unpaired) electrons. The lowest BCUT2D eigenvalue weighted by Crippen LogP contribution is -2.63. The summed E-state index contributed by atoms with van der Waals surface area (Å²) in [6.45, 7) is 5.35. The Morgan fingerprint density at radius 2 is 1.58 bits per heavy atom. The Labute approximate surface area is 209 Å². The molecule has 6 atom stereocenters. The second-order valence-corrected chi connectivity index (χ2v) is 8.75. The predicted molar refractivity (Wildman–Crippen MR) is 121 cm³/mol. The molecule has 0 saturated carbocycles. The largest absolute Gasteiger partial charge is 0.463 e. The average molecular weight is 509 g/mol. The fraction of sp³-hybridized carbons (Fsp3) is 0.625. The van der Waals surface area contributed by atoms with Crippen molar-refractivity contribution in [1.29, 1.82) is 0 Å². The highest BCUT2D eigenvalue weighted by atomic mass is 16.7. The quantitative estimate of drug-likeness (QED) is 0.369. The van der Waals surface area contributed by atoms with E-state index in [0.717, 1.165) is 38.8 Å². The molecule has 1 unspecified atom stereocenters. The summed E-state index contributed by atoms with van der Waals surface area (Å²) in [5.41, 5.74) is 1.03. The van der Waals surface area contributed by atoms with E-state index < -0.39 is 54.6 Å². The predicted octanol–water partition coefficient (Wildman–Crippen LogP) is 1.31.